The molecule has 1 saturated heterocycles. The Morgan fingerprint density at radius 1 is 1.53 bits per heavy atom. The smallest absolute Gasteiger partial charge is 0.222 e. The van der Waals surface area contributed by atoms with Crippen LogP contribution in [-0.2, 0) is 11.2 Å². The van der Waals surface area contributed by atoms with Gasteiger partial charge < -0.3 is 10.2 Å². The van der Waals surface area contributed by atoms with Crippen LogP contribution < -0.4 is 5.32 Å². The van der Waals surface area contributed by atoms with Crippen LogP contribution in [-0.4, -0.2) is 37.0 Å². The van der Waals surface area contributed by atoms with Crippen LogP contribution in [0.2, 0.25) is 0 Å². The number of carbonyl (C=O) groups is 1. The van der Waals surface area contributed by atoms with Crippen LogP contribution in [0, 0.1) is 0 Å². The second-order valence-electron chi connectivity index (χ2n) is 4.62. The van der Waals surface area contributed by atoms with Crippen molar-refractivity contribution in [1.29, 1.82) is 0 Å². The lowest BCUT2D eigenvalue weighted by Crippen LogP contribution is -2.44. The second-order valence-corrected chi connectivity index (χ2v) is 5.40. The maximum Gasteiger partial charge on any atom is 0.222 e. The van der Waals surface area contributed by atoms with E-state index in [0.717, 1.165) is 32.4 Å². The predicted molar refractivity (Wildman–Crippen MR) is 71.3 cm³/mol. The molecule has 2 heterocycles. The fraction of sp³-hybridized carbons (Fsp3) is 0.615. The van der Waals surface area contributed by atoms with E-state index in [-0.39, 0.29) is 5.91 Å². The van der Waals surface area contributed by atoms with Crippen LogP contribution in [0.4, 0.5) is 0 Å². The highest BCUT2D eigenvalue weighted by Gasteiger charge is 2.21. The maximum atomic E-state index is 12.0. The largest absolute Gasteiger partial charge is 0.343 e. The molecule has 1 aliphatic rings. The predicted octanol–water partition coefficient (Wildman–Crippen LogP) is 1.89. The van der Waals surface area contributed by atoms with E-state index in [1.165, 1.54) is 5.56 Å². The van der Waals surface area contributed by atoms with Gasteiger partial charge in [-0.05, 0) is 54.7 Å². The van der Waals surface area contributed by atoms with Crippen molar-refractivity contribution < 1.29 is 4.79 Å². The molecule has 1 fully saturated rings. The number of amides is 1. The lowest BCUT2D eigenvalue weighted by molar-refractivity contribution is -0.132. The van der Waals surface area contributed by atoms with Gasteiger partial charge in [-0.3, -0.25) is 4.79 Å². The van der Waals surface area contributed by atoms with Crippen molar-refractivity contribution in [3.8, 4) is 0 Å². The Kier molecular flexibility index (Phi) is 4.57. The molecule has 1 aliphatic heterocycles. The van der Waals surface area contributed by atoms with E-state index in [1.807, 2.05) is 11.9 Å². The summed E-state index contributed by atoms with van der Waals surface area (Å²) in [6.45, 7) is 2.07. The normalized spacial score (nSPS) is 17.0. The molecule has 0 atom stereocenters. The Balaban J connectivity index is 1.78. The fourth-order valence-electron chi connectivity index (χ4n) is 2.26. The highest BCUT2D eigenvalue weighted by molar-refractivity contribution is 7.07. The molecule has 4 heteroatoms. The van der Waals surface area contributed by atoms with Gasteiger partial charge in [0.25, 0.3) is 0 Å². The van der Waals surface area contributed by atoms with Gasteiger partial charge in [-0.25, -0.2) is 0 Å². The maximum absolute atomic E-state index is 12.0. The van der Waals surface area contributed by atoms with Crippen molar-refractivity contribution in [1.82, 2.24) is 10.2 Å². The molecule has 0 saturated carbocycles. The van der Waals surface area contributed by atoms with Gasteiger partial charge in [-0.2, -0.15) is 11.3 Å². The van der Waals surface area contributed by atoms with Gasteiger partial charge in [-0.15, -0.1) is 0 Å². The van der Waals surface area contributed by atoms with E-state index in [0.29, 0.717) is 12.5 Å². The van der Waals surface area contributed by atoms with Crippen LogP contribution >= 0.6 is 11.3 Å². The Bertz CT molecular complexity index is 344. The van der Waals surface area contributed by atoms with Crippen molar-refractivity contribution in [2.24, 2.45) is 0 Å². The first kappa shape index (κ1) is 12.6. The zero-order valence-electron chi connectivity index (χ0n) is 10.3. The topological polar surface area (TPSA) is 32.3 Å². The monoisotopic (exact) mass is 252 g/mol. The number of nitrogens with one attached hydrogen (secondary N) is 1. The standard InChI is InChI=1S/C13H20N2OS/c1-15(12-4-7-14-8-5-12)13(16)3-2-11-6-9-17-10-11/h6,9-10,12,14H,2-5,7-8H2,1H3. The van der Waals surface area contributed by atoms with Gasteiger partial charge in [0.1, 0.15) is 0 Å². The van der Waals surface area contributed by atoms with Gasteiger partial charge in [0.2, 0.25) is 5.91 Å². The summed E-state index contributed by atoms with van der Waals surface area (Å²) in [6, 6.07) is 2.54. The molecule has 1 aromatic heterocycles. The molecule has 0 aliphatic carbocycles. The summed E-state index contributed by atoms with van der Waals surface area (Å²) in [5, 5.41) is 7.51. The third-order valence-corrected chi connectivity index (χ3v) is 4.19. The van der Waals surface area contributed by atoms with Crippen molar-refractivity contribution in [2.75, 3.05) is 20.1 Å². The number of aryl methyl sites for hydroxylation is 1. The number of piperidine rings is 1. The summed E-state index contributed by atoms with van der Waals surface area (Å²) in [5.74, 6) is 0.281. The molecule has 1 aromatic rings. The summed E-state index contributed by atoms with van der Waals surface area (Å²) in [7, 11) is 1.95. The fourth-order valence-corrected chi connectivity index (χ4v) is 2.96. The van der Waals surface area contributed by atoms with Crippen LogP contribution in [0.25, 0.3) is 0 Å². The summed E-state index contributed by atoms with van der Waals surface area (Å²) in [4.78, 5) is 14.0. The van der Waals surface area contributed by atoms with Crippen LogP contribution in [0.1, 0.15) is 24.8 Å². The molecule has 94 valence electrons. The van der Waals surface area contributed by atoms with E-state index >= 15 is 0 Å². The number of thiophene rings is 1. The third-order valence-electron chi connectivity index (χ3n) is 3.46. The quantitative estimate of drug-likeness (QED) is 0.887. The minimum absolute atomic E-state index is 0.281. The molecular weight excluding hydrogens is 232 g/mol. The number of rotatable bonds is 4. The zero-order chi connectivity index (χ0) is 12.1. The SMILES string of the molecule is CN(C(=O)CCc1ccsc1)C1CCNCC1. The van der Waals surface area contributed by atoms with Gasteiger partial charge in [0.05, 0.1) is 0 Å². The Labute approximate surface area is 107 Å². The van der Waals surface area contributed by atoms with Gasteiger partial charge in [0.15, 0.2) is 0 Å². The molecule has 0 unspecified atom stereocenters. The van der Waals surface area contributed by atoms with Crippen LogP contribution in [0.15, 0.2) is 16.8 Å². The second kappa shape index (κ2) is 6.17. The molecule has 0 aromatic carbocycles. The molecule has 2 rings (SSSR count). The minimum Gasteiger partial charge on any atom is -0.343 e. The van der Waals surface area contributed by atoms with E-state index < -0.39 is 0 Å². The average molecular weight is 252 g/mol. The van der Waals surface area contributed by atoms with Crippen molar-refractivity contribution >= 4 is 17.2 Å². The first-order valence-corrected chi connectivity index (χ1v) is 7.19. The van der Waals surface area contributed by atoms with Gasteiger partial charge >= 0.3 is 0 Å². The molecule has 0 radical (unpaired) electrons. The summed E-state index contributed by atoms with van der Waals surface area (Å²) >= 11 is 1.69. The van der Waals surface area contributed by atoms with Crippen molar-refractivity contribution in [2.45, 2.75) is 31.7 Å². The minimum atomic E-state index is 0.281. The van der Waals surface area contributed by atoms with Gasteiger partial charge in [0, 0.05) is 19.5 Å². The van der Waals surface area contributed by atoms with Crippen LogP contribution in [0.3, 0.4) is 0 Å². The first-order chi connectivity index (χ1) is 8.27. The van der Waals surface area contributed by atoms with Crippen LogP contribution in [0.5, 0.6) is 0 Å². The highest BCUT2D eigenvalue weighted by Crippen LogP contribution is 2.13. The van der Waals surface area contributed by atoms with E-state index in [4.69, 9.17) is 0 Å². The van der Waals surface area contributed by atoms with Crippen molar-refractivity contribution in [3.63, 3.8) is 0 Å². The summed E-state index contributed by atoms with van der Waals surface area (Å²) in [6.07, 6.45) is 3.68. The third kappa shape index (κ3) is 3.54. The summed E-state index contributed by atoms with van der Waals surface area (Å²) in [5.41, 5.74) is 1.28. The van der Waals surface area contributed by atoms with Gasteiger partial charge in [-0.1, -0.05) is 0 Å². The van der Waals surface area contributed by atoms with Crippen molar-refractivity contribution in [3.05, 3.63) is 22.4 Å². The number of hydrogen-bond donors (Lipinski definition) is 1. The average Bonchev–Trinajstić information content (AvgIpc) is 2.89. The van der Waals surface area contributed by atoms with E-state index in [2.05, 4.69) is 22.1 Å². The molecule has 3 nitrogen and oxygen atoms in total. The molecule has 17 heavy (non-hydrogen) atoms. The first-order valence-electron chi connectivity index (χ1n) is 6.25. The highest BCUT2D eigenvalue weighted by atomic mass is 32.1. The van der Waals surface area contributed by atoms with E-state index in [9.17, 15) is 4.79 Å². The Morgan fingerprint density at radius 3 is 2.94 bits per heavy atom. The molecule has 1 amide bonds. The summed E-state index contributed by atoms with van der Waals surface area (Å²) < 4.78 is 0. The molecule has 1 N–H and O–H groups in total. The zero-order valence-corrected chi connectivity index (χ0v) is 11.1. The number of nitrogens with zero attached hydrogens (tertiary/aromatic N) is 1. The molecule has 0 bridgehead atoms. The molecular formula is C13H20N2OS. The number of hydrogen-bond acceptors (Lipinski definition) is 3. The lowest BCUT2D eigenvalue weighted by Gasteiger charge is -2.31. The van der Waals surface area contributed by atoms with E-state index in [1.54, 1.807) is 11.3 Å². The molecule has 0 spiro atoms. The Hall–Kier alpha value is -0.870. The lowest BCUT2D eigenvalue weighted by atomic mass is 10.0. The Morgan fingerprint density at radius 2 is 2.29 bits per heavy atom. The number of carbonyl (C=O) groups excluding carboxylic acids is 1.